The van der Waals surface area contributed by atoms with Gasteiger partial charge in [0.15, 0.2) is 0 Å². The lowest BCUT2D eigenvalue weighted by Crippen LogP contribution is -1.97. The van der Waals surface area contributed by atoms with E-state index in [1.165, 1.54) is 5.56 Å². The second-order valence-electron chi connectivity index (χ2n) is 6.87. The highest BCUT2D eigenvalue weighted by atomic mass is 16.3. The molecule has 124 valence electrons. The van der Waals surface area contributed by atoms with Gasteiger partial charge in [0.25, 0.3) is 0 Å². The molecule has 0 radical (unpaired) electrons. The molecule has 0 atom stereocenters. The van der Waals surface area contributed by atoms with Crippen LogP contribution in [0.25, 0.3) is 16.9 Å². The fourth-order valence-electron chi connectivity index (χ4n) is 3.00. The second kappa shape index (κ2) is 6.52. The van der Waals surface area contributed by atoms with Crippen molar-refractivity contribution in [3.63, 3.8) is 0 Å². The van der Waals surface area contributed by atoms with Gasteiger partial charge in [-0.3, -0.25) is 0 Å². The van der Waals surface area contributed by atoms with Crippen LogP contribution in [0.2, 0.25) is 0 Å². The maximum atomic E-state index is 10.8. The molecular formula is C21H24N2O. The van der Waals surface area contributed by atoms with Crippen LogP contribution in [0.3, 0.4) is 0 Å². The molecule has 0 aliphatic rings. The number of rotatable bonds is 4. The average molecular weight is 320 g/mol. The summed E-state index contributed by atoms with van der Waals surface area (Å²) in [6.07, 6.45) is 0.793. The summed E-state index contributed by atoms with van der Waals surface area (Å²) in [7, 11) is 0. The van der Waals surface area contributed by atoms with Crippen molar-refractivity contribution in [3.8, 4) is 22.8 Å². The number of aromatic hydroxyl groups is 1. The van der Waals surface area contributed by atoms with Gasteiger partial charge in [-0.15, -0.1) is 0 Å². The smallest absolute Gasteiger partial charge is 0.218 e. The molecular weight excluding hydrogens is 296 g/mol. The van der Waals surface area contributed by atoms with Gasteiger partial charge in [-0.25, -0.2) is 4.68 Å². The molecule has 2 aromatic carbocycles. The maximum absolute atomic E-state index is 10.8. The minimum atomic E-state index is 0.241. The van der Waals surface area contributed by atoms with Crippen molar-refractivity contribution in [1.29, 1.82) is 0 Å². The Kier molecular flexibility index (Phi) is 4.43. The molecule has 1 aromatic heterocycles. The molecule has 24 heavy (non-hydrogen) atoms. The lowest BCUT2D eigenvalue weighted by atomic mass is 9.99. The molecule has 3 aromatic rings. The first-order chi connectivity index (χ1) is 11.5. The van der Waals surface area contributed by atoms with Crippen molar-refractivity contribution in [2.24, 2.45) is 5.92 Å². The van der Waals surface area contributed by atoms with E-state index in [0.717, 1.165) is 34.5 Å². The van der Waals surface area contributed by atoms with Crippen LogP contribution in [-0.4, -0.2) is 14.9 Å². The Morgan fingerprint density at radius 1 is 1.00 bits per heavy atom. The van der Waals surface area contributed by atoms with Crippen LogP contribution in [0.15, 0.2) is 48.5 Å². The second-order valence-corrected chi connectivity index (χ2v) is 6.87. The zero-order chi connectivity index (χ0) is 17.3. The minimum absolute atomic E-state index is 0.241. The molecule has 0 bridgehead atoms. The van der Waals surface area contributed by atoms with Crippen molar-refractivity contribution in [2.45, 2.75) is 34.1 Å². The van der Waals surface area contributed by atoms with E-state index in [1.54, 1.807) is 4.68 Å². The SMILES string of the molecule is Cc1cccc(-c2nn(-c3cccc(C)c3)c(O)c2CC(C)C)c1. The van der Waals surface area contributed by atoms with E-state index >= 15 is 0 Å². The first-order valence-electron chi connectivity index (χ1n) is 8.40. The quantitative estimate of drug-likeness (QED) is 0.729. The lowest BCUT2D eigenvalue weighted by Gasteiger charge is -2.07. The molecule has 0 saturated carbocycles. The zero-order valence-corrected chi connectivity index (χ0v) is 14.7. The van der Waals surface area contributed by atoms with Gasteiger partial charge in [0.2, 0.25) is 5.88 Å². The number of benzene rings is 2. The third-order valence-corrected chi connectivity index (χ3v) is 4.11. The molecule has 0 saturated heterocycles. The summed E-state index contributed by atoms with van der Waals surface area (Å²) in [6, 6.07) is 16.3. The monoisotopic (exact) mass is 320 g/mol. The predicted octanol–water partition coefficient (Wildman–Crippen LogP) is 5.06. The standard InChI is InChI=1S/C21H24N2O/c1-14(2)11-19-20(17-9-5-7-15(3)12-17)22-23(21(19)24)18-10-6-8-16(4)13-18/h5-10,12-14,24H,11H2,1-4H3. The van der Waals surface area contributed by atoms with Crippen molar-refractivity contribution < 1.29 is 5.11 Å². The van der Waals surface area contributed by atoms with Gasteiger partial charge < -0.3 is 5.11 Å². The van der Waals surface area contributed by atoms with E-state index in [-0.39, 0.29) is 5.88 Å². The maximum Gasteiger partial charge on any atom is 0.218 e. The van der Waals surface area contributed by atoms with Crippen LogP contribution in [-0.2, 0) is 6.42 Å². The van der Waals surface area contributed by atoms with Gasteiger partial charge in [-0.05, 0) is 49.9 Å². The topological polar surface area (TPSA) is 38.0 Å². The normalized spacial score (nSPS) is 11.2. The molecule has 0 spiro atoms. The number of nitrogens with zero attached hydrogens (tertiary/aromatic N) is 2. The van der Waals surface area contributed by atoms with Crippen LogP contribution in [0, 0.1) is 19.8 Å². The van der Waals surface area contributed by atoms with Crippen molar-refractivity contribution in [1.82, 2.24) is 9.78 Å². The zero-order valence-electron chi connectivity index (χ0n) is 14.7. The van der Waals surface area contributed by atoms with Crippen LogP contribution < -0.4 is 0 Å². The van der Waals surface area contributed by atoms with Crippen LogP contribution >= 0.6 is 0 Å². The highest BCUT2D eigenvalue weighted by molar-refractivity contribution is 5.67. The molecule has 3 rings (SSSR count). The van der Waals surface area contributed by atoms with Gasteiger partial charge in [0.1, 0.15) is 0 Å². The van der Waals surface area contributed by atoms with E-state index in [4.69, 9.17) is 5.10 Å². The number of hydrogen-bond donors (Lipinski definition) is 1. The van der Waals surface area contributed by atoms with E-state index in [0.29, 0.717) is 5.92 Å². The Labute approximate surface area is 143 Å². The number of hydrogen-bond acceptors (Lipinski definition) is 2. The largest absolute Gasteiger partial charge is 0.493 e. The van der Waals surface area contributed by atoms with Gasteiger partial charge in [-0.2, -0.15) is 5.10 Å². The number of aryl methyl sites for hydroxylation is 2. The van der Waals surface area contributed by atoms with E-state index in [1.807, 2.05) is 37.3 Å². The summed E-state index contributed by atoms with van der Waals surface area (Å²) in [6.45, 7) is 8.43. The van der Waals surface area contributed by atoms with Crippen molar-refractivity contribution in [3.05, 3.63) is 65.2 Å². The van der Waals surface area contributed by atoms with Crippen LogP contribution in [0.5, 0.6) is 5.88 Å². The molecule has 0 aliphatic heterocycles. The lowest BCUT2D eigenvalue weighted by molar-refractivity contribution is 0.424. The summed E-state index contributed by atoms with van der Waals surface area (Å²) < 4.78 is 1.66. The predicted molar refractivity (Wildman–Crippen MR) is 98.7 cm³/mol. The highest BCUT2D eigenvalue weighted by Gasteiger charge is 2.20. The Morgan fingerprint density at radius 3 is 2.29 bits per heavy atom. The first kappa shape index (κ1) is 16.3. The molecule has 0 unspecified atom stereocenters. The molecule has 0 aliphatic carbocycles. The third-order valence-electron chi connectivity index (χ3n) is 4.11. The molecule has 3 heteroatoms. The van der Waals surface area contributed by atoms with Gasteiger partial charge in [0, 0.05) is 11.1 Å². The van der Waals surface area contributed by atoms with Gasteiger partial charge in [0.05, 0.1) is 11.4 Å². The average Bonchev–Trinajstić information content (AvgIpc) is 2.84. The van der Waals surface area contributed by atoms with Gasteiger partial charge in [-0.1, -0.05) is 49.7 Å². The Balaban J connectivity index is 2.19. The summed E-state index contributed by atoms with van der Waals surface area (Å²) in [5, 5.41) is 15.6. The van der Waals surface area contributed by atoms with Crippen molar-refractivity contribution >= 4 is 0 Å². The van der Waals surface area contributed by atoms with Crippen LogP contribution in [0.4, 0.5) is 0 Å². The van der Waals surface area contributed by atoms with E-state index in [9.17, 15) is 5.11 Å². The first-order valence-corrected chi connectivity index (χ1v) is 8.40. The fourth-order valence-corrected chi connectivity index (χ4v) is 3.00. The summed E-state index contributed by atoms with van der Waals surface area (Å²) in [5.41, 5.74) is 6.05. The highest BCUT2D eigenvalue weighted by Crippen LogP contribution is 2.34. The van der Waals surface area contributed by atoms with E-state index < -0.39 is 0 Å². The Morgan fingerprint density at radius 2 is 1.67 bits per heavy atom. The molecule has 0 amide bonds. The molecule has 3 nitrogen and oxygen atoms in total. The summed E-state index contributed by atoms with van der Waals surface area (Å²) >= 11 is 0. The third kappa shape index (κ3) is 3.21. The van der Waals surface area contributed by atoms with Gasteiger partial charge >= 0.3 is 0 Å². The molecule has 1 heterocycles. The minimum Gasteiger partial charge on any atom is -0.493 e. The Hall–Kier alpha value is -2.55. The summed E-state index contributed by atoms with van der Waals surface area (Å²) in [4.78, 5) is 0. The van der Waals surface area contributed by atoms with Crippen LogP contribution in [0.1, 0.15) is 30.5 Å². The fraction of sp³-hybridized carbons (Fsp3) is 0.286. The Bertz CT molecular complexity index is 862. The number of aromatic nitrogens is 2. The van der Waals surface area contributed by atoms with Crippen molar-refractivity contribution in [2.75, 3.05) is 0 Å². The molecule has 0 fully saturated rings. The summed E-state index contributed by atoms with van der Waals surface area (Å²) in [5.74, 6) is 0.681. The molecule has 1 N–H and O–H groups in total. The van der Waals surface area contributed by atoms with E-state index in [2.05, 4.69) is 39.0 Å².